The molecule has 0 bridgehead atoms. The number of imidazole rings is 1. The quantitative estimate of drug-likeness (QED) is 0.772. The Labute approximate surface area is 124 Å². The van der Waals surface area contributed by atoms with E-state index < -0.39 is 0 Å². The van der Waals surface area contributed by atoms with Crippen molar-refractivity contribution in [3.8, 4) is 22.4 Å². The molecular formula is C16H16ClN3. The summed E-state index contributed by atoms with van der Waals surface area (Å²) in [6.07, 6.45) is 1.82. The molecule has 0 radical (unpaired) electrons. The number of aromatic amines is 1. The lowest BCUT2D eigenvalue weighted by molar-refractivity contribution is 0.950. The first-order valence-electron chi connectivity index (χ1n) is 6.26. The van der Waals surface area contributed by atoms with E-state index in [4.69, 9.17) is 5.73 Å². The molecule has 0 amide bonds. The van der Waals surface area contributed by atoms with Crippen molar-refractivity contribution in [1.82, 2.24) is 9.97 Å². The number of hydrogen-bond donors (Lipinski definition) is 2. The molecule has 0 aliphatic carbocycles. The second kappa shape index (κ2) is 6.37. The summed E-state index contributed by atoms with van der Waals surface area (Å²) in [6, 6.07) is 18.8. The Morgan fingerprint density at radius 1 is 0.850 bits per heavy atom. The Hall–Kier alpha value is -2.10. The van der Waals surface area contributed by atoms with Gasteiger partial charge in [-0.15, -0.1) is 12.4 Å². The zero-order chi connectivity index (χ0) is 13.1. The summed E-state index contributed by atoms with van der Waals surface area (Å²) in [5.41, 5.74) is 10.1. The molecule has 0 spiro atoms. The molecule has 4 heteroatoms. The summed E-state index contributed by atoms with van der Waals surface area (Å²) in [4.78, 5) is 7.41. The second-order valence-electron chi connectivity index (χ2n) is 4.39. The van der Waals surface area contributed by atoms with Gasteiger partial charge in [-0.1, -0.05) is 54.6 Å². The summed E-state index contributed by atoms with van der Waals surface area (Å²) in [6.45, 7) is 0.433. The zero-order valence-corrected chi connectivity index (χ0v) is 11.7. The van der Waals surface area contributed by atoms with Crippen LogP contribution in [0.5, 0.6) is 0 Å². The summed E-state index contributed by atoms with van der Waals surface area (Å²) in [5.74, 6) is 0.808. The van der Waals surface area contributed by atoms with Gasteiger partial charge in [-0.05, 0) is 16.7 Å². The zero-order valence-electron chi connectivity index (χ0n) is 10.9. The Kier molecular flexibility index (Phi) is 4.56. The van der Waals surface area contributed by atoms with Crippen LogP contribution < -0.4 is 5.73 Å². The lowest BCUT2D eigenvalue weighted by Crippen LogP contribution is -1.97. The van der Waals surface area contributed by atoms with Gasteiger partial charge in [0, 0.05) is 0 Å². The third kappa shape index (κ3) is 2.90. The minimum Gasteiger partial charge on any atom is -0.341 e. The number of nitrogens with one attached hydrogen (secondary N) is 1. The third-order valence-electron chi connectivity index (χ3n) is 3.12. The van der Waals surface area contributed by atoms with Crippen molar-refractivity contribution in [3.05, 3.63) is 66.6 Å². The van der Waals surface area contributed by atoms with Gasteiger partial charge in [0.15, 0.2) is 0 Å². The molecule has 1 aromatic heterocycles. The van der Waals surface area contributed by atoms with Crippen LogP contribution in [-0.4, -0.2) is 9.97 Å². The van der Waals surface area contributed by atoms with E-state index in [0.29, 0.717) is 6.54 Å². The van der Waals surface area contributed by atoms with E-state index in [1.54, 1.807) is 0 Å². The summed E-state index contributed by atoms with van der Waals surface area (Å²) >= 11 is 0. The van der Waals surface area contributed by atoms with Crippen LogP contribution in [0.2, 0.25) is 0 Å². The minimum absolute atomic E-state index is 0. The van der Waals surface area contributed by atoms with Crippen LogP contribution in [0.4, 0.5) is 0 Å². The number of benzene rings is 2. The van der Waals surface area contributed by atoms with Crippen LogP contribution in [0.15, 0.2) is 60.8 Å². The lowest BCUT2D eigenvalue weighted by atomic mass is 10.0. The first-order chi connectivity index (χ1) is 9.36. The van der Waals surface area contributed by atoms with Gasteiger partial charge >= 0.3 is 0 Å². The monoisotopic (exact) mass is 285 g/mol. The summed E-state index contributed by atoms with van der Waals surface area (Å²) in [7, 11) is 0. The first-order valence-corrected chi connectivity index (χ1v) is 6.26. The van der Waals surface area contributed by atoms with Gasteiger partial charge in [0.2, 0.25) is 0 Å². The highest BCUT2D eigenvalue weighted by Gasteiger charge is 2.03. The molecule has 1 heterocycles. The van der Waals surface area contributed by atoms with Gasteiger partial charge in [0.05, 0.1) is 18.4 Å². The standard InChI is InChI=1S/C16H15N3.ClH/c17-10-16-18-11-15(19-16)14-8-6-13(7-9-14)12-4-2-1-3-5-12;/h1-9,11H,10,17H2,(H,18,19);1H. The van der Waals surface area contributed by atoms with Gasteiger partial charge in [-0.25, -0.2) is 4.98 Å². The molecule has 3 nitrogen and oxygen atoms in total. The third-order valence-corrected chi connectivity index (χ3v) is 3.12. The Bertz CT molecular complexity index is 660. The number of nitrogens with two attached hydrogens (primary N) is 1. The molecule has 102 valence electrons. The summed E-state index contributed by atoms with van der Waals surface area (Å²) < 4.78 is 0. The van der Waals surface area contributed by atoms with E-state index >= 15 is 0 Å². The van der Waals surface area contributed by atoms with Crippen LogP contribution in [-0.2, 0) is 6.54 Å². The van der Waals surface area contributed by atoms with Crippen molar-refractivity contribution in [2.45, 2.75) is 6.54 Å². The van der Waals surface area contributed by atoms with E-state index in [0.717, 1.165) is 17.1 Å². The molecule has 0 unspecified atom stereocenters. The lowest BCUT2D eigenvalue weighted by Gasteiger charge is -2.03. The average Bonchev–Trinajstić information content (AvgIpc) is 2.97. The fourth-order valence-corrected chi connectivity index (χ4v) is 2.09. The van der Waals surface area contributed by atoms with E-state index in [9.17, 15) is 0 Å². The molecule has 0 fully saturated rings. The molecule has 0 atom stereocenters. The number of aromatic nitrogens is 2. The van der Waals surface area contributed by atoms with E-state index in [-0.39, 0.29) is 12.4 Å². The van der Waals surface area contributed by atoms with Crippen LogP contribution in [0, 0.1) is 0 Å². The maximum atomic E-state index is 5.55. The molecule has 3 rings (SSSR count). The van der Waals surface area contributed by atoms with Gasteiger partial charge in [-0.2, -0.15) is 0 Å². The molecular weight excluding hydrogens is 270 g/mol. The normalized spacial score (nSPS) is 10.1. The molecule has 3 aromatic rings. The summed E-state index contributed by atoms with van der Waals surface area (Å²) in [5, 5.41) is 0. The smallest absolute Gasteiger partial charge is 0.120 e. The topological polar surface area (TPSA) is 54.7 Å². The van der Waals surface area contributed by atoms with Crippen LogP contribution in [0.3, 0.4) is 0 Å². The van der Waals surface area contributed by atoms with Gasteiger partial charge < -0.3 is 10.7 Å². The fourth-order valence-electron chi connectivity index (χ4n) is 2.09. The van der Waals surface area contributed by atoms with Crippen LogP contribution in [0.25, 0.3) is 22.4 Å². The van der Waals surface area contributed by atoms with Crippen molar-refractivity contribution < 1.29 is 0 Å². The Morgan fingerprint density at radius 3 is 2.05 bits per heavy atom. The number of nitrogens with zero attached hydrogens (tertiary/aromatic N) is 1. The molecule has 2 aromatic carbocycles. The molecule has 0 aliphatic rings. The van der Waals surface area contributed by atoms with E-state index in [1.165, 1.54) is 11.1 Å². The number of hydrogen-bond acceptors (Lipinski definition) is 2. The highest BCUT2D eigenvalue weighted by atomic mass is 35.5. The Morgan fingerprint density at radius 2 is 1.45 bits per heavy atom. The maximum absolute atomic E-state index is 5.55. The average molecular weight is 286 g/mol. The molecule has 0 saturated carbocycles. The maximum Gasteiger partial charge on any atom is 0.120 e. The number of H-pyrrole nitrogens is 1. The fraction of sp³-hybridized carbons (Fsp3) is 0.0625. The second-order valence-corrected chi connectivity index (χ2v) is 4.39. The van der Waals surface area contributed by atoms with Crippen molar-refractivity contribution in [3.63, 3.8) is 0 Å². The van der Waals surface area contributed by atoms with E-state index in [2.05, 4.69) is 46.4 Å². The predicted octanol–water partition coefficient (Wildman–Crippen LogP) is 3.62. The highest BCUT2D eigenvalue weighted by Crippen LogP contribution is 2.23. The molecule has 0 aliphatic heterocycles. The number of halogens is 1. The molecule has 3 N–H and O–H groups in total. The largest absolute Gasteiger partial charge is 0.341 e. The SMILES string of the molecule is Cl.NCc1ncc(-c2ccc(-c3ccccc3)cc2)[nH]1. The minimum atomic E-state index is 0. The van der Waals surface area contributed by atoms with Crippen LogP contribution >= 0.6 is 12.4 Å². The van der Waals surface area contributed by atoms with E-state index in [1.807, 2.05) is 24.4 Å². The van der Waals surface area contributed by atoms with Crippen LogP contribution in [0.1, 0.15) is 5.82 Å². The number of rotatable bonds is 3. The Balaban J connectivity index is 0.00000147. The van der Waals surface area contributed by atoms with Crippen molar-refractivity contribution >= 4 is 12.4 Å². The van der Waals surface area contributed by atoms with Gasteiger partial charge in [0.1, 0.15) is 5.82 Å². The van der Waals surface area contributed by atoms with Crippen molar-refractivity contribution in [2.75, 3.05) is 0 Å². The van der Waals surface area contributed by atoms with Gasteiger partial charge in [-0.3, -0.25) is 0 Å². The van der Waals surface area contributed by atoms with Crippen molar-refractivity contribution in [1.29, 1.82) is 0 Å². The molecule has 0 saturated heterocycles. The predicted molar refractivity (Wildman–Crippen MR) is 84.6 cm³/mol. The van der Waals surface area contributed by atoms with Crippen molar-refractivity contribution in [2.24, 2.45) is 5.73 Å². The molecule has 20 heavy (non-hydrogen) atoms. The highest BCUT2D eigenvalue weighted by molar-refractivity contribution is 5.85. The van der Waals surface area contributed by atoms with Gasteiger partial charge in [0.25, 0.3) is 0 Å². The first kappa shape index (κ1) is 14.3.